The van der Waals surface area contributed by atoms with Crippen LogP contribution in [0.1, 0.15) is 5.56 Å². The van der Waals surface area contributed by atoms with Crippen LogP contribution in [0.4, 0.5) is 0 Å². The minimum atomic E-state index is -0.174. The van der Waals surface area contributed by atoms with Crippen molar-refractivity contribution in [2.24, 2.45) is 5.10 Å². The number of hydrogen-bond donors (Lipinski definition) is 2. The van der Waals surface area contributed by atoms with Gasteiger partial charge in [0.05, 0.1) is 23.0 Å². The first-order chi connectivity index (χ1) is 12.8. The summed E-state index contributed by atoms with van der Waals surface area (Å²) in [4.78, 5) is 19.6. The van der Waals surface area contributed by atoms with Gasteiger partial charge in [0.2, 0.25) is 0 Å². The van der Waals surface area contributed by atoms with Crippen molar-refractivity contribution in [2.45, 2.75) is 5.16 Å². The van der Waals surface area contributed by atoms with E-state index in [2.05, 4.69) is 32.6 Å². The Bertz CT molecular complexity index is 1060. The maximum absolute atomic E-state index is 12.0. The van der Waals surface area contributed by atoms with E-state index in [0.29, 0.717) is 0 Å². The lowest BCUT2D eigenvalue weighted by Crippen LogP contribution is -2.19. The second-order valence-corrected chi connectivity index (χ2v) is 6.67. The van der Waals surface area contributed by atoms with Crippen molar-refractivity contribution in [3.05, 3.63) is 72.3 Å². The Kier molecular flexibility index (Phi) is 4.66. The molecule has 0 spiro atoms. The highest BCUT2D eigenvalue weighted by atomic mass is 32.2. The highest BCUT2D eigenvalue weighted by molar-refractivity contribution is 7.99. The molecule has 5 nitrogen and oxygen atoms in total. The number of carbonyl (C=O) groups excluding carboxylic acids is 1. The van der Waals surface area contributed by atoms with Gasteiger partial charge in [-0.15, -0.1) is 0 Å². The van der Waals surface area contributed by atoms with Crippen molar-refractivity contribution in [1.29, 1.82) is 0 Å². The first-order valence-corrected chi connectivity index (χ1v) is 9.15. The predicted molar refractivity (Wildman–Crippen MR) is 107 cm³/mol. The third-order valence-electron chi connectivity index (χ3n) is 3.92. The molecular formula is C20H16N4OS. The van der Waals surface area contributed by atoms with Gasteiger partial charge >= 0.3 is 0 Å². The van der Waals surface area contributed by atoms with Crippen LogP contribution < -0.4 is 5.43 Å². The largest absolute Gasteiger partial charge is 0.333 e. The van der Waals surface area contributed by atoms with E-state index < -0.39 is 0 Å². The molecule has 0 aliphatic heterocycles. The van der Waals surface area contributed by atoms with E-state index >= 15 is 0 Å². The Morgan fingerprint density at radius 2 is 1.88 bits per heavy atom. The maximum Gasteiger partial charge on any atom is 0.250 e. The molecule has 2 N–H and O–H groups in total. The number of aromatic amines is 1. The van der Waals surface area contributed by atoms with Crippen LogP contribution in [0.25, 0.3) is 21.8 Å². The molecule has 4 aromatic rings. The molecule has 0 saturated heterocycles. The second kappa shape index (κ2) is 7.41. The van der Waals surface area contributed by atoms with Crippen LogP contribution in [0.5, 0.6) is 0 Å². The van der Waals surface area contributed by atoms with Crippen molar-refractivity contribution in [2.75, 3.05) is 5.75 Å². The lowest BCUT2D eigenvalue weighted by atomic mass is 10.1. The monoisotopic (exact) mass is 360 g/mol. The summed E-state index contributed by atoms with van der Waals surface area (Å²) < 4.78 is 0. The molecule has 1 amide bonds. The molecule has 4 rings (SSSR count). The Morgan fingerprint density at radius 1 is 1.08 bits per heavy atom. The molecule has 0 fully saturated rings. The molecule has 0 aliphatic rings. The lowest BCUT2D eigenvalue weighted by molar-refractivity contribution is -0.118. The Morgan fingerprint density at radius 3 is 2.81 bits per heavy atom. The third kappa shape index (κ3) is 3.60. The lowest BCUT2D eigenvalue weighted by Gasteiger charge is -2.01. The maximum atomic E-state index is 12.0. The van der Waals surface area contributed by atoms with Crippen molar-refractivity contribution in [3.8, 4) is 0 Å². The average Bonchev–Trinajstić information content (AvgIpc) is 3.10. The molecule has 0 radical (unpaired) electrons. The number of H-pyrrole nitrogens is 1. The number of fused-ring (bicyclic) bond motifs is 2. The van der Waals surface area contributed by atoms with E-state index in [1.807, 2.05) is 54.6 Å². The van der Waals surface area contributed by atoms with E-state index in [1.54, 1.807) is 6.21 Å². The number of para-hydroxylation sites is 2. The van der Waals surface area contributed by atoms with Gasteiger partial charge < -0.3 is 4.98 Å². The van der Waals surface area contributed by atoms with Gasteiger partial charge in [0.1, 0.15) is 0 Å². The van der Waals surface area contributed by atoms with Crippen molar-refractivity contribution >= 4 is 45.7 Å². The van der Waals surface area contributed by atoms with Gasteiger partial charge in [-0.3, -0.25) is 4.79 Å². The molecule has 0 aliphatic carbocycles. The summed E-state index contributed by atoms with van der Waals surface area (Å²) in [6.45, 7) is 0. The molecule has 0 saturated carbocycles. The average molecular weight is 360 g/mol. The fourth-order valence-electron chi connectivity index (χ4n) is 2.70. The van der Waals surface area contributed by atoms with Crippen LogP contribution in [0.3, 0.4) is 0 Å². The summed E-state index contributed by atoms with van der Waals surface area (Å²) in [5, 5.41) is 7.04. The molecule has 1 heterocycles. The second-order valence-electron chi connectivity index (χ2n) is 5.71. The standard InChI is InChI=1S/C20H16N4OS/c25-19(13-26-20-22-17-10-3-4-11-18(17)23-20)24-21-12-15-8-5-7-14-6-1-2-9-16(14)15/h1-12H,13H2,(H,22,23)(H,24,25). The molecule has 0 unspecified atom stereocenters. The van der Waals surface area contributed by atoms with Crippen LogP contribution >= 0.6 is 11.8 Å². The summed E-state index contributed by atoms with van der Waals surface area (Å²) in [6, 6.07) is 21.9. The minimum Gasteiger partial charge on any atom is -0.333 e. The van der Waals surface area contributed by atoms with Gasteiger partial charge in [-0.25, -0.2) is 10.4 Å². The number of thioether (sulfide) groups is 1. The minimum absolute atomic E-state index is 0.174. The predicted octanol–water partition coefficient (Wildman–Crippen LogP) is 3.96. The van der Waals surface area contributed by atoms with E-state index in [9.17, 15) is 4.79 Å². The highest BCUT2D eigenvalue weighted by Crippen LogP contribution is 2.19. The summed E-state index contributed by atoms with van der Waals surface area (Å²) in [7, 11) is 0. The van der Waals surface area contributed by atoms with E-state index in [0.717, 1.165) is 32.5 Å². The zero-order valence-electron chi connectivity index (χ0n) is 13.8. The van der Waals surface area contributed by atoms with Gasteiger partial charge in [0.25, 0.3) is 5.91 Å². The van der Waals surface area contributed by atoms with Crippen molar-refractivity contribution in [1.82, 2.24) is 15.4 Å². The molecule has 6 heteroatoms. The van der Waals surface area contributed by atoms with Gasteiger partial charge in [0, 0.05) is 5.56 Å². The molecular weight excluding hydrogens is 344 g/mol. The molecule has 0 atom stereocenters. The van der Waals surface area contributed by atoms with E-state index in [-0.39, 0.29) is 11.7 Å². The fourth-order valence-corrected chi connectivity index (χ4v) is 3.38. The first-order valence-electron chi connectivity index (χ1n) is 8.17. The number of nitrogens with zero attached hydrogens (tertiary/aromatic N) is 2. The Balaban J connectivity index is 1.36. The normalized spacial score (nSPS) is 11.4. The Labute approximate surface area is 154 Å². The summed E-state index contributed by atoms with van der Waals surface area (Å²) >= 11 is 1.35. The summed E-state index contributed by atoms with van der Waals surface area (Å²) in [5.41, 5.74) is 5.39. The van der Waals surface area contributed by atoms with Crippen LogP contribution in [0, 0.1) is 0 Å². The summed E-state index contributed by atoms with van der Waals surface area (Å²) in [6.07, 6.45) is 1.67. The number of nitrogens with one attached hydrogen (secondary N) is 2. The molecule has 3 aromatic carbocycles. The number of benzene rings is 3. The first kappa shape index (κ1) is 16.4. The van der Waals surface area contributed by atoms with E-state index in [1.165, 1.54) is 11.8 Å². The number of aromatic nitrogens is 2. The number of imidazole rings is 1. The zero-order valence-corrected chi connectivity index (χ0v) is 14.7. The summed E-state index contributed by atoms with van der Waals surface area (Å²) in [5.74, 6) is 0.0686. The van der Waals surface area contributed by atoms with Crippen LogP contribution in [0.2, 0.25) is 0 Å². The number of carbonyl (C=O) groups is 1. The Hall–Kier alpha value is -3.12. The third-order valence-corrected chi connectivity index (χ3v) is 4.80. The van der Waals surface area contributed by atoms with Crippen LogP contribution in [0.15, 0.2) is 77.0 Å². The molecule has 0 bridgehead atoms. The molecule has 128 valence electrons. The van der Waals surface area contributed by atoms with Gasteiger partial charge in [-0.1, -0.05) is 66.4 Å². The number of rotatable bonds is 5. The van der Waals surface area contributed by atoms with Gasteiger partial charge in [0.15, 0.2) is 5.16 Å². The van der Waals surface area contributed by atoms with Crippen LogP contribution in [-0.4, -0.2) is 27.8 Å². The highest BCUT2D eigenvalue weighted by Gasteiger charge is 2.06. The topological polar surface area (TPSA) is 70.1 Å². The van der Waals surface area contributed by atoms with E-state index in [4.69, 9.17) is 0 Å². The quantitative estimate of drug-likeness (QED) is 0.321. The number of hydrazone groups is 1. The van der Waals surface area contributed by atoms with Crippen LogP contribution in [-0.2, 0) is 4.79 Å². The fraction of sp³-hybridized carbons (Fsp3) is 0.0500. The van der Waals surface area contributed by atoms with Gasteiger partial charge in [-0.2, -0.15) is 5.10 Å². The van der Waals surface area contributed by atoms with Crippen molar-refractivity contribution < 1.29 is 4.79 Å². The smallest absolute Gasteiger partial charge is 0.250 e. The van der Waals surface area contributed by atoms with Gasteiger partial charge in [-0.05, 0) is 22.9 Å². The number of hydrogen-bond acceptors (Lipinski definition) is 4. The number of amides is 1. The molecule has 26 heavy (non-hydrogen) atoms. The molecule has 1 aromatic heterocycles. The van der Waals surface area contributed by atoms with Crippen molar-refractivity contribution in [3.63, 3.8) is 0 Å². The SMILES string of the molecule is O=C(CSc1nc2ccccc2[nH]1)NN=Cc1cccc2ccccc12. The zero-order chi connectivity index (χ0) is 17.8.